The van der Waals surface area contributed by atoms with E-state index in [0.29, 0.717) is 11.9 Å². The molecule has 4 heteroatoms. The van der Waals surface area contributed by atoms with Crippen LogP contribution in [-0.4, -0.2) is 28.9 Å². The van der Waals surface area contributed by atoms with Gasteiger partial charge in [-0.3, -0.25) is 0 Å². The van der Waals surface area contributed by atoms with Crippen molar-refractivity contribution in [1.29, 1.82) is 0 Å². The van der Waals surface area contributed by atoms with Crippen molar-refractivity contribution in [3.63, 3.8) is 0 Å². The predicted molar refractivity (Wildman–Crippen MR) is 54.8 cm³/mol. The molecule has 0 saturated carbocycles. The summed E-state index contributed by atoms with van der Waals surface area (Å²) < 4.78 is 0. The van der Waals surface area contributed by atoms with Crippen molar-refractivity contribution >= 4 is 12.6 Å². The maximum atomic E-state index is 8.82. The first kappa shape index (κ1) is 10.8. The Kier molecular flexibility index (Phi) is 4.21. The summed E-state index contributed by atoms with van der Waals surface area (Å²) in [4.78, 5) is 0. The molecular formula is C10H11BO3. The molecule has 0 aliphatic heterocycles. The van der Waals surface area contributed by atoms with Gasteiger partial charge in [0, 0.05) is 12.0 Å². The van der Waals surface area contributed by atoms with Gasteiger partial charge in [-0.2, -0.15) is 0 Å². The van der Waals surface area contributed by atoms with E-state index in [1.54, 1.807) is 24.3 Å². The summed E-state index contributed by atoms with van der Waals surface area (Å²) in [6.45, 7) is 0.0560. The molecule has 1 aromatic carbocycles. The van der Waals surface area contributed by atoms with Crippen LogP contribution in [-0.2, 0) is 0 Å². The van der Waals surface area contributed by atoms with Gasteiger partial charge in [0.15, 0.2) is 0 Å². The summed E-state index contributed by atoms with van der Waals surface area (Å²) >= 11 is 0. The van der Waals surface area contributed by atoms with Crippen LogP contribution in [0.2, 0.25) is 0 Å². The van der Waals surface area contributed by atoms with Crippen LogP contribution in [0, 0.1) is 11.8 Å². The molecule has 0 aliphatic rings. The molecule has 0 amide bonds. The quantitative estimate of drug-likeness (QED) is 0.418. The minimum atomic E-state index is -1.44. The Morgan fingerprint density at radius 2 is 1.79 bits per heavy atom. The van der Waals surface area contributed by atoms with Gasteiger partial charge in [-0.1, -0.05) is 24.0 Å². The molecule has 14 heavy (non-hydrogen) atoms. The van der Waals surface area contributed by atoms with Crippen molar-refractivity contribution in [2.75, 3.05) is 6.61 Å². The van der Waals surface area contributed by atoms with Crippen LogP contribution >= 0.6 is 0 Å². The van der Waals surface area contributed by atoms with Crippen LogP contribution in [0.1, 0.15) is 12.0 Å². The fourth-order valence-corrected chi connectivity index (χ4v) is 0.959. The van der Waals surface area contributed by atoms with E-state index in [0.717, 1.165) is 5.56 Å². The molecule has 0 aliphatic carbocycles. The van der Waals surface area contributed by atoms with Crippen LogP contribution in [0.25, 0.3) is 0 Å². The van der Waals surface area contributed by atoms with Crippen molar-refractivity contribution in [2.45, 2.75) is 6.42 Å². The van der Waals surface area contributed by atoms with Gasteiger partial charge in [0.1, 0.15) is 0 Å². The van der Waals surface area contributed by atoms with E-state index in [-0.39, 0.29) is 6.61 Å². The monoisotopic (exact) mass is 190 g/mol. The molecular weight excluding hydrogens is 179 g/mol. The van der Waals surface area contributed by atoms with E-state index in [9.17, 15) is 0 Å². The summed E-state index contributed by atoms with van der Waals surface area (Å²) in [5.41, 5.74) is 1.24. The highest BCUT2D eigenvalue weighted by atomic mass is 16.4. The van der Waals surface area contributed by atoms with E-state index in [4.69, 9.17) is 15.2 Å². The molecule has 1 rings (SSSR count). The maximum absolute atomic E-state index is 8.82. The van der Waals surface area contributed by atoms with Crippen LogP contribution < -0.4 is 5.46 Å². The minimum Gasteiger partial charge on any atom is -0.423 e. The SMILES string of the molecule is OCCC#Cc1ccc(B(O)O)cc1. The number of hydrogen-bond acceptors (Lipinski definition) is 3. The largest absolute Gasteiger partial charge is 0.488 e. The molecule has 0 aromatic heterocycles. The van der Waals surface area contributed by atoms with Crippen LogP contribution in [0.15, 0.2) is 24.3 Å². The molecule has 0 atom stereocenters. The van der Waals surface area contributed by atoms with Crippen molar-refractivity contribution < 1.29 is 15.2 Å². The third kappa shape index (κ3) is 3.23. The third-order valence-electron chi connectivity index (χ3n) is 1.68. The Balaban J connectivity index is 2.70. The first-order valence-corrected chi connectivity index (χ1v) is 4.30. The highest BCUT2D eigenvalue weighted by Gasteiger charge is 2.08. The lowest BCUT2D eigenvalue weighted by atomic mass is 9.80. The van der Waals surface area contributed by atoms with E-state index in [1.807, 2.05) is 0 Å². The molecule has 1 aromatic rings. The Bertz CT molecular complexity index is 335. The topological polar surface area (TPSA) is 60.7 Å². The lowest BCUT2D eigenvalue weighted by Gasteiger charge is -1.97. The summed E-state index contributed by atoms with van der Waals surface area (Å²) in [6.07, 6.45) is 0.449. The predicted octanol–water partition coefficient (Wildman–Crippen LogP) is -0.900. The summed E-state index contributed by atoms with van der Waals surface area (Å²) in [6, 6.07) is 6.62. The van der Waals surface area contributed by atoms with Crippen LogP contribution in [0.5, 0.6) is 0 Å². The second-order valence-corrected chi connectivity index (χ2v) is 2.77. The van der Waals surface area contributed by atoms with Crippen molar-refractivity contribution in [2.24, 2.45) is 0 Å². The van der Waals surface area contributed by atoms with E-state index >= 15 is 0 Å². The molecule has 0 fully saturated rings. The zero-order valence-electron chi connectivity index (χ0n) is 7.64. The summed E-state index contributed by atoms with van der Waals surface area (Å²) in [7, 11) is -1.44. The number of aliphatic hydroxyl groups is 1. The van der Waals surface area contributed by atoms with E-state index < -0.39 is 7.12 Å². The third-order valence-corrected chi connectivity index (χ3v) is 1.68. The van der Waals surface area contributed by atoms with E-state index in [2.05, 4.69) is 11.8 Å². The normalized spacial score (nSPS) is 9.07. The second kappa shape index (κ2) is 5.45. The minimum absolute atomic E-state index is 0.0560. The molecule has 0 bridgehead atoms. The zero-order valence-corrected chi connectivity index (χ0v) is 7.64. The number of rotatable bonds is 2. The first-order valence-electron chi connectivity index (χ1n) is 4.30. The van der Waals surface area contributed by atoms with Crippen LogP contribution in [0.3, 0.4) is 0 Å². The van der Waals surface area contributed by atoms with Gasteiger partial charge in [0.05, 0.1) is 6.61 Å². The highest BCUT2D eigenvalue weighted by Crippen LogP contribution is 1.94. The molecule has 3 N–H and O–H groups in total. The summed E-state index contributed by atoms with van der Waals surface area (Å²) in [5.74, 6) is 5.61. The molecule has 0 heterocycles. The average molecular weight is 190 g/mol. The van der Waals surface area contributed by atoms with Crippen molar-refractivity contribution in [3.05, 3.63) is 29.8 Å². The Morgan fingerprint density at radius 3 is 2.29 bits per heavy atom. The van der Waals surface area contributed by atoms with Gasteiger partial charge < -0.3 is 15.2 Å². The van der Waals surface area contributed by atoms with Crippen LogP contribution in [0.4, 0.5) is 0 Å². The van der Waals surface area contributed by atoms with Crippen molar-refractivity contribution in [1.82, 2.24) is 0 Å². The molecule has 0 spiro atoms. The fraction of sp³-hybridized carbons (Fsp3) is 0.200. The molecule has 72 valence electrons. The molecule has 0 saturated heterocycles. The van der Waals surface area contributed by atoms with Gasteiger partial charge in [0.25, 0.3) is 0 Å². The Hall–Kier alpha value is -1.28. The van der Waals surface area contributed by atoms with Gasteiger partial charge in [-0.05, 0) is 17.6 Å². The van der Waals surface area contributed by atoms with Gasteiger partial charge in [-0.15, -0.1) is 0 Å². The second-order valence-electron chi connectivity index (χ2n) is 2.77. The molecule has 0 radical (unpaired) electrons. The zero-order chi connectivity index (χ0) is 10.4. The standard InChI is InChI=1S/C10H11BO3/c12-8-2-1-3-9-4-6-10(7-5-9)11(13)14/h4-7,12-14H,2,8H2. The Morgan fingerprint density at radius 1 is 1.14 bits per heavy atom. The lowest BCUT2D eigenvalue weighted by molar-refractivity contribution is 0.305. The van der Waals surface area contributed by atoms with Gasteiger partial charge in [0.2, 0.25) is 0 Å². The molecule has 0 unspecified atom stereocenters. The van der Waals surface area contributed by atoms with Gasteiger partial charge >= 0.3 is 7.12 Å². The summed E-state index contributed by atoms with van der Waals surface area (Å²) in [5, 5.41) is 26.1. The maximum Gasteiger partial charge on any atom is 0.488 e. The van der Waals surface area contributed by atoms with Gasteiger partial charge in [-0.25, -0.2) is 0 Å². The average Bonchev–Trinajstić information content (AvgIpc) is 2.19. The number of hydrogen-bond donors (Lipinski definition) is 3. The first-order chi connectivity index (χ1) is 6.74. The smallest absolute Gasteiger partial charge is 0.423 e. The fourth-order valence-electron chi connectivity index (χ4n) is 0.959. The number of benzene rings is 1. The Labute approximate surface area is 83.2 Å². The van der Waals surface area contributed by atoms with Crippen molar-refractivity contribution in [3.8, 4) is 11.8 Å². The highest BCUT2D eigenvalue weighted by molar-refractivity contribution is 6.58. The lowest BCUT2D eigenvalue weighted by Crippen LogP contribution is -2.29. The van der Waals surface area contributed by atoms with E-state index in [1.165, 1.54) is 0 Å². The number of aliphatic hydroxyl groups excluding tert-OH is 1. The molecule has 3 nitrogen and oxygen atoms in total.